The van der Waals surface area contributed by atoms with Gasteiger partial charge in [0.25, 0.3) is 5.91 Å². The van der Waals surface area contributed by atoms with Gasteiger partial charge in [0.15, 0.2) is 6.10 Å². The molecule has 0 spiro atoms. The van der Waals surface area contributed by atoms with Crippen LogP contribution in [0, 0.1) is 0 Å². The topological polar surface area (TPSA) is 84.9 Å². The molecule has 26 heavy (non-hydrogen) atoms. The van der Waals surface area contributed by atoms with Crippen LogP contribution < -0.4 is 15.0 Å². The monoisotopic (exact) mass is 362 g/mol. The molecule has 7 nitrogen and oxygen atoms in total. The molecule has 0 bridgehead atoms. The van der Waals surface area contributed by atoms with E-state index in [1.165, 1.54) is 7.11 Å². The van der Waals surface area contributed by atoms with E-state index in [-0.39, 0.29) is 24.7 Å². The van der Waals surface area contributed by atoms with E-state index in [0.29, 0.717) is 23.7 Å². The molecule has 0 aliphatic carbocycles. The van der Waals surface area contributed by atoms with Crippen LogP contribution in [0.2, 0.25) is 0 Å². The first-order chi connectivity index (χ1) is 12.5. The number of methoxy groups -OCH3 is 1. The Bertz CT molecular complexity index is 674. The van der Waals surface area contributed by atoms with Gasteiger partial charge in [-0.2, -0.15) is 0 Å². The molecule has 1 heterocycles. The summed E-state index contributed by atoms with van der Waals surface area (Å²) in [5, 5.41) is 2.75. The normalized spacial score (nSPS) is 15.9. The van der Waals surface area contributed by atoms with Crippen molar-refractivity contribution in [2.24, 2.45) is 0 Å². The summed E-state index contributed by atoms with van der Waals surface area (Å²) in [6, 6.07) is 5.21. The third kappa shape index (κ3) is 4.97. The van der Waals surface area contributed by atoms with Crippen LogP contribution in [0.25, 0.3) is 0 Å². The molecule has 0 radical (unpaired) electrons. The summed E-state index contributed by atoms with van der Waals surface area (Å²) in [4.78, 5) is 37.3. The fourth-order valence-corrected chi connectivity index (χ4v) is 2.78. The number of anilines is 2. The molecule has 2 amide bonds. The van der Waals surface area contributed by atoms with Crippen LogP contribution in [-0.2, 0) is 19.1 Å². The fraction of sp³-hybridized carbons (Fsp3) is 0.526. The highest BCUT2D eigenvalue weighted by Gasteiger charge is 2.31. The molecule has 0 aromatic heterocycles. The quantitative estimate of drug-likeness (QED) is 0.568. The number of hydrogen-bond acceptors (Lipinski definition) is 5. The number of carbonyl (C=O) groups is 3. The Labute approximate surface area is 153 Å². The molecule has 1 N–H and O–H groups in total. The van der Waals surface area contributed by atoms with Gasteiger partial charge in [-0.3, -0.25) is 14.4 Å². The number of amides is 2. The van der Waals surface area contributed by atoms with Crippen LogP contribution in [0.5, 0.6) is 5.75 Å². The molecule has 2 rings (SSSR count). The molecule has 142 valence electrons. The molecule has 0 saturated heterocycles. The van der Waals surface area contributed by atoms with Gasteiger partial charge in [-0.1, -0.05) is 19.8 Å². The molecule has 0 saturated carbocycles. The summed E-state index contributed by atoms with van der Waals surface area (Å²) in [6.45, 7) is 4.47. The van der Waals surface area contributed by atoms with Gasteiger partial charge >= 0.3 is 5.97 Å². The van der Waals surface area contributed by atoms with E-state index in [1.807, 2.05) is 0 Å². The molecule has 1 aromatic carbocycles. The van der Waals surface area contributed by atoms with Crippen molar-refractivity contribution in [3.8, 4) is 5.75 Å². The molecule has 0 fully saturated rings. The molecule has 7 heteroatoms. The lowest BCUT2D eigenvalue weighted by molar-refractivity contribution is -0.141. The van der Waals surface area contributed by atoms with Gasteiger partial charge in [-0.25, -0.2) is 0 Å². The number of ether oxygens (including phenoxy) is 2. The Morgan fingerprint density at radius 3 is 2.73 bits per heavy atom. The van der Waals surface area contributed by atoms with Crippen LogP contribution in [0.3, 0.4) is 0 Å². The number of nitrogens with zero attached hydrogens (tertiary/aromatic N) is 1. The van der Waals surface area contributed by atoms with E-state index in [2.05, 4.69) is 17.0 Å². The molecule has 1 atom stereocenters. The molecule has 1 unspecified atom stereocenters. The van der Waals surface area contributed by atoms with E-state index in [0.717, 1.165) is 19.3 Å². The molecule has 1 aliphatic rings. The number of hydrogen-bond donors (Lipinski definition) is 1. The maximum atomic E-state index is 12.5. The first kappa shape index (κ1) is 19.8. The first-order valence-electron chi connectivity index (χ1n) is 8.95. The van der Waals surface area contributed by atoms with Crippen molar-refractivity contribution in [2.75, 3.05) is 23.9 Å². The SMILES string of the molecule is CCCCCN1C(=O)C(C)Oc2ccc(NC(=O)CCC(=O)OC)cc21. The minimum Gasteiger partial charge on any atom is -0.479 e. The molecule has 1 aliphatic heterocycles. The van der Waals surface area contributed by atoms with E-state index in [4.69, 9.17) is 4.74 Å². The Balaban J connectivity index is 2.11. The van der Waals surface area contributed by atoms with Gasteiger partial charge in [-0.15, -0.1) is 0 Å². The maximum absolute atomic E-state index is 12.5. The zero-order valence-electron chi connectivity index (χ0n) is 15.5. The van der Waals surface area contributed by atoms with Crippen LogP contribution in [0.15, 0.2) is 18.2 Å². The number of fused-ring (bicyclic) bond motifs is 1. The fourth-order valence-electron chi connectivity index (χ4n) is 2.78. The Morgan fingerprint density at radius 1 is 1.27 bits per heavy atom. The second-order valence-corrected chi connectivity index (χ2v) is 6.26. The van der Waals surface area contributed by atoms with Crippen LogP contribution in [-0.4, -0.2) is 37.5 Å². The van der Waals surface area contributed by atoms with Crippen molar-refractivity contribution in [3.05, 3.63) is 18.2 Å². The highest BCUT2D eigenvalue weighted by Crippen LogP contribution is 2.36. The Hall–Kier alpha value is -2.57. The number of benzene rings is 1. The highest BCUT2D eigenvalue weighted by molar-refractivity contribution is 6.01. The first-order valence-corrected chi connectivity index (χ1v) is 8.95. The predicted octanol–water partition coefficient (Wildman–Crippen LogP) is 2.88. The zero-order chi connectivity index (χ0) is 19.1. The van der Waals surface area contributed by atoms with Crippen molar-refractivity contribution >= 4 is 29.2 Å². The Morgan fingerprint density at radius 2 is 2.04 bits per heavy atom. The van der Waals surface area contributed by atoms with Crippen LogP contribution in [0.4, 0.5) is 11.4 Å². The largest absolute Gasteiger partial charge is 0.479 e. The summed E-state index contributed by atoms with van der Waals surface area (Å²) in [6.07, 6.45) is 2.55. The van der Waals surface area contributed by atoms with Gasteiger partial charge in [0.2, 0.25) is 5.91 Å². The predicted molar refractivity (Wildman–Crippen MR) is 98.3 cm³/mol. The summed E-state index contributed by atoms with van der Waals surface area (Å²) in [5.74, 6) is -0.172. The van der Waals surface area contributed by atoms with Gasteiger partial charge in [0.05, 0.1) is 19.2 Å². The van der Waals surface area contributed by atoms with E-state index >= 15 is 0 Å². The summed E-state index contributed by atoms with van der Waals surface area (Å²) >= 11 is 0. The molecular weight excluding hydrogens is 336 g/mol. The standard InChI is InChI=1S/C19H26N2O5/c1-4-5-6-11-21-15-12-14(20-17(22)9-10-18(23)25-3)7-8-16(15)26-13(2)19(21)24/h7-8,12-13H,4-6,9-11H2,1-3H3,(H,20,22). The van der Waals surface area contributed by atoms with Gasteiger partial charge in [0.1, 0.15) is 5.75 Å². The Kier molecular flexibility index (Phi) is 7.00. The van der Waals surface area contributed by atoms with Gasteiger partial charge < -0.3 is 19.7 Å². The van der Waals surface area contributed by atoms with E-state index in [1.54, 1.807) is 30.0 Å². The lowest BCUT2D eigenvalue weighted by atomic mass is 10.1. The minimum atomic E-state index is -0.523. The number of unbranched alkanes of at least 4 members (excludes halogenated alkanes) is 2. The zero-order valence-corrected chi connectivity index (χ0v) is 15.5. The molecular formula is C19H26N2O5. The average Bonchev–Trinajstić information content (AvgIpc) is 2.63. The van der Waals surface area contributed by atoms with Crippen molar-refractivity contribution in [1.29, 1.82) is 0 Å². The third-order valence-corrected chi connectivity index (χ3v) is 4.22. The lowest BCUT2D eigenvalue weighted by Gasteiger charge is -2.33. The number of nitrogens with one attached hydrogen (secondary N) is 1. The van der Waals surface area contributed by atoms with Gasteiger partial charge in [-0.05, 0) is 31.5 Å². The summed E-state index contributed by atoms with van der Waals surface area (Å²) in [5.41, 5.74) is 1.22. The van der Waals surface area contributed by atoms with E-state index < -0.39 is 12.1 Å². The number of esters is 1. The third-order valence-electron chi connectivity index (χ3n) is 4.22. The molecule has 1 aromatic rings. The minimum absolute atomic E-state index is 0.0233. The van der Waals surface area contributed by atoms with Crippen LogP contribution in [0.1, 0.15) is 46.0 Å². The van der Waals surface area contributed by atoms with Gasteiger partial charge in [0, 0.05) is 18.7 Å². The maximum Gasteiger partial charge on any atom is 0.306 e. The van der Waals surface area contributed by atoms with Crippen molar-refractivity contribution in [1.82, 2.24) is 0 Å². The second-order valence-electron chi connectivity index (χ2n) is 6.26. The van der Waals surface area contributed by atoms with E-state index in [9.17, 15) is 14.4 Å². The average molecular weight is 362 g/mol. The number of rotatable bonds is 8. The van der Waals surface area contributed by atoms with Crippen LogP contribution >= 0.6 is 0 Å². The lowest BCUT2D eigenvalue weighted by Crippen LogP contribution is -2.44. The van der Waals surface area contributed by atoms with Crippen molar-refractivity contribution < 1.29 is 23.9 Å². The second kappa shape index (κ2) is 9.22. The van der Waals surface area contributed by atoms with Crippen molar-refractivity contribution in [3.63, 3.8) is 0 Å². The summed E-state index contributed by atoms with van der Waals surface area (Å²) in [7, 11) is 1.29. The smallest absolute Gasteiger partial charge is 0.306 e. The van der Waals surface area contributed by atoms with Crippen molar-refractivity contribution in [2.45, 2.75) is 52.1 Å². The highest BCUT2D eigenvalue weighted by atomic mass is 16.5. The summed E-state index contributed by atoms with van der Waals surface area (Å²) < 4.78 is 10.2. The number of carbonyl (C=O) groups excluding carboxylic acids is 3.